The molecule has 0 atom stereocenters. The van der Waals surface area contributed by atoms with Crippen molar-refractivity contribution < 1.29 is 14.3 Å². The van der Waals surface area contributed by atoms with Crippen molar-refractivity contribution in [2.24, 2.45) is 0 Å². The lowest BCUT2D eigenvalue weighted by Crippen LogP contribution is -2.30. The predicted molar refractivity (Wildman–Crippen MR) is 111 cm³/mol. The Kier molecular flexibility index (Phi) is 5.16. The second kappa shape index (κ2) is 7.90. The molecule has 1 amide bonds. The minimum absolute atomic E-state index is 0.136. The Morgan fingerprint density at radius 1 is 1.14 bits per heavy atom. The van der Waals surface area contributed by atoms with E-state index in [-0.39, 0.29) is 5.91 Å². The fourth-order valence-electron chi connectivity index (χ4n) is 3.34. The number of thiophene rings is 1. The summed E-state index contributed by atoms with van der Waals surface area (Å²) in [6, 6.07) is 11.6. The molecule has 0 saturated heterocycles. The lowest BCUT2D eigenvalue weighted by molar-refractivity contribution is 0.103. The van der Waals surface area contributed by atoms with Gasteiger partial charge in [0.2, 0.25) is 0 Å². The van der Waals surface area contributed by atoms with E-state index in [0.717, 1.165) is 36.7 Å². The Morgan fingerprint density at radius 3 is 2.57 bits per heavy atom. The van der Waals surface area contributed by atoms with Gasteiger partial charge in [0.05, 0.1) is 31.0 Å². The first kappa shape index (κ1) is 18.3. The van der Waals surface area contributed by atoms with Gasteiger partial charge in [-0.05, 0) is 53.3 Å². The van der Waals surface area contributed by atoms with Gasteiger partial charge >= 0.3 is 0 Å². The number of rotatable bonds is 5. The molecule has 0 fully saturated rings. The fourth-order valence-corrected chi connectivity index (χ4v) is 3.96. The number of nitrogens with zero attached hydrogens (tertiary/aromatic N) is 2. The first-order chi connectivity index (χ1) is 13.7. The lowest BCUT2D eigenvalue weighted by atomic mass is 9.98. The van der Waals surface area contributed by atoms with Crippen molar-refractivity contribution in [1.82, 2.24) is 4.98 Å². The zero-order valence-corrected chi connectivity index (χ0v) is 16.6. The number of anilines is 2. The number of hydrogen-bond donors (Lipinski definition) is 1. The van der Waals surface area contributed by atoms with Crippen LogP contribution in [0.15, 0.2) is 48.0 Å². The van der Waals surface area contributed by atoms with E-state index in [1.165, 1.54) is 22.5 Å². The van der Waals surface area contributed by atoms with E-state index in [2.05, 4.69) is 21.3 Å². The van der Waals surface area contributed by atoms with Gasteiger partial charge in [0.1, 0.15) is 5.82 Å². The van der Waals surface area contributed by atoms with E-state index < -0.39 is 0 Å². The summed E-state index contributed by atoms with van der Waals surface area (Å²) in [5, 5.41) is 4.71. The van der Waals surface area contributed by atoms with Crippen molar-refractivity contribution in [1.29, 1.82) is 0 Å². The highest BCUT2D eigenvalue weighted by atomic mass is 32.1. The number of pyridine rings is 1. The highest BCUT2D eigenvalue weighted by Crippen LogP contribution is 2.34. The van der Waals surface area contributed by atoms with Crippen LogP contribution in [-0.4, -0.2) is 31.7 Å². The first-order valence-corrected chi connectivity index (χ1v) is 9.85. The molecule has 0 radical (unpaired) electrons. The zero-order valence-electron chi connectivity index (χ0n) is 15.8. The number of ether oxygens (including phenoxy) is 2. The van der Waals surface area contributed by atoms with Gasteiger partial charge in [0, 0.05) is 13.1 Å². The zero-order chi connectivity index (χ0) is 19.5. The van der Waals surface area contributed by atoms with Crippen LogP contribution in [0.2, 0.25) is 0 Å². The smallest absolute Gasteiger partial charge is 0.266 e. The second-order valence-corrected chi connectivity index (χ2v) is 7.43. The van der Waals surface area contributed by atoms with Gasteiger partial charge in [0.25, 0.3) is 5.91 Å². The molecule has 7 heteroatoms. The maximum absolute atomic E-state index is 12.1. The van der Waals surface area contributed by atoms with Gasteiger partial charge < -0.3 is 19.7 Å². The standard InChI is InChI=1S/C21H21N3O3S/c1-26-17-10-14-7-8-24(13-15(14)11-18(17)27-2)16-5-6-20(22-12-16)23-21(25)19-4-3-9-28-19/h3-6,9-12H,7-8,13H2,1-2H3,(H,22,23,25). The van der Waals surface area contributed by atoms with E-state index in [0.29, 0.717) is 10.7 Å². The monoisotopic (exact) mass is 395 g/mol. The Labute approximate surface area is 167 Å². The summed E-state index contributed by atoms with van der Waals surface area (Å²) in [7, 11) is 3.31. The van der Waals surface area contributed by atoms with Crippen molar-refractivity contribution in [3.63, 3.8) is 0 Å². The van der Waals surface area contributed by atoms with Gasteiger partial charge in [-0.2, -0.15) is 0 Å². The predicted octanol–water partition coefficient (Wildman–Crippen LogP) is 3.98. The Hall–Kier alpha value is -3.06. The molecule has 1 aliphatic heterocycles. The van der Waals surface area contributed by atoms with Crippen LogP contribution < -0.4 is 19.7 Å². The van der Waals surface area contributed by atoms with E-state index in [4.69, 9.17) is 9.47 Å². The average Bonchev–Trinajstić information content (AvgIpc) is 3.28. The van der Waals surface area contributed by atoms with Crippen molar-refractivity contribution in [3.8, 4) is 11.5 Å². The van der Waals surface area contributed by atoms with Crippen molar-refractivity contribution in [2.75, 3.05) is 31.0 Å². The van der Waals surface area contributed by atoms with Gasteiger partial charge in [-0.15, -0.1) is 11.3 Å². The average molecular weight is 395 g/mol. The second-order valence-electron chi connectivity index (χ2n) is 6.48. The molecule has 0 spiro atoms. The number of benzene rings is 1. The van der Waals surface area contributed by atoms with Crippen molar-refractivity contribution >= 4 is 28.7 Å². The molecule has 3 heterocycles. The molecule has 1 N–H and O–H groups in total. The Balaban J connectivity index is 1.47. The molecule has 3 aromatic rings. The summed E-state index contributed by atoms with van der Waals surface area (Å²) < 4.78 is 10.8. The molecule has 144 valence electrons. The van der Waals surface area contributed by atoms with Crippen LogP contribution in [0.25, 0.3) is 0 Å². The van der Waals surface area contributed by atoms with Gasteiger partial charge in [-0.1, -0.05) is 6.07 Å². The van der Waals surface area contributed by atoms with Gasteiger partial charge in [-0.3, -0.25) is 4.79 Å². The SMILES string of the molecule is COc1cc2c(cc1OC)CN(c1ccc(NC(=O)c3cccs3)nc1)CC2. The largest absolute Gasteiger partial charge is 0.493 e. The van der Waals surface area contributed by atoms with E-state index in [1.54, 1.807) is 26.5 Å². The van der Waals surface area contributed by atoms with Crippen molar-refractivity contribution in [2.45, 2.75) is 13.0 Å². The number of carbonyl (C=O) groups is 1. The van der Waals surface area contributed by atoms with Crippen LogP contribution >= 0.6 is 11.3 Å². The van der Waals surface area contributed by atoms with Crippen LogP contribution in [0, 0.1) is 0 Å². The van der Waals surface area contributed by atoms with Crippen LogP contribution in [0.5, 0.6) is 11.5 Å². The maximum Gasteiger partial charge on any atom is 0.266 e. The minimum Gasteiger partial charge on any atom is -0.493 e. The number of aromatic nitrogens is 1. The van der Waals surface area contributed by atoms with E-state index in [9.17, 15) is 4.79 Å². The molecule has 4 rings (SSSR count). The summed E-state index contributed by atoms with van der Waals surface area (Å²) in [4.78, 5) is 19.5. The van der Waals surface area contributed by atoms with Crippen molar-refractivity contribution in [3.05, 3.63) is 64.0 Å². The van der Waals surface area contributed by atoms with Crippen LogP contribution in [0.1, 0.15) is 20.8 Å². The number of fused-ring (bicyclic) bond motifs is 1. The molecule has 0 bridgehead atoms. The molecule has 0 saturated carbocycles. The molecule has 28 heavy (non-hydrogen) atoms. The quantitative estimate of drug-likeness (QED) is 0.708. The third-order valence-corrected chi connectivity index (χ3v) is 5.69. The third-order valence-electron chi connectivity index (χ3n) is 4.82. The molecular weight excluding hydrogens is 374 g/mol. The first-order valence-electron chi connectivity index (χ1n) is 8.97. The van der Waals surface area contributed by atoms with Crippen LogP contribution in [0.3, 0.4) is 0 Å². The number of methoxy groups -OCH3 is 2. The summed E-state index contributed by atoms with van der Waals surface area (Å²) in [6.07, 6.45) is 2.72. The molecular formula is C21H21N3O3S. The number of nitrogens with one attached hydrogen (secondary N) is 1. The summed E-state index contributed by atoms with van der Waals surface area (Å²) in [5.74, 6) is 1.92. The molecule has 0 unspecified atom stereocenters. The van der Waals surface area contributed by atoms with Gasteiger partial charge in [-0.25, -0.2) is 4.98 Å². The van der Waals surface area contributed by atoms with Gasteiger partial charge in [0.15, 0.2) is 11.5 Å². The van der Waals surface area contributed by atoms with Crippen LogP contribution in [-0.2, 0) is 13.0 Å². The molecule has 6 nitrogen and oxygen atoms in total. The summed E-state index contributed by atoms with van der Waals surface area (Å²) in [6.45, 7) is 1.67. The van der Waals surface area contributed by atoms with E-state index in [1.807, 2.05) is 29.6 Å². The lowest BCUT2D eigenvalue weighted by Gasteiger charge is -2.31. The molecule has 1 aromatic carbocycles. The number of carbonyl (C=O) groups excluding carboxylic acids is 1. The third kappa shape index (κ3) is 3.66. The Morgan fingerprint density at radius 2 is 1.93 bits per heavy atom. The highest BCUT2D eigenvalue weighted by molar-refractivity contribution is 7.12. The Bertz CT molecular complexity index is 971. The summed E-state index contributed by atoms with van der Waals surface area (Å²) >= 11 is 1.41. The van der Waals surface area contributed by atoms with Crippen LogP contribution in [0.4, 0.5) is 11.5 Å². The topological polar surface area (TPSA) is 63.7 Å². The highest BCUT2D eigenvalue weighted by Gasteiger charge is 2.20. The fraction of sp³-hybridized carbons (Fsp3) is 0.238. The maximum atomic E-state index is 12.1. The molecule has 2 aromatic heterocycles. The summed E-state index contributed by atoms with van der Waals surface area (Å²) in [5.41, 5.74) is 3.52. The minimum atomic E-state index is -0.136. The molecule has 1 aliphatic rings. The molecule has 0 aliphatic carbocycles. The number of hydrogen-bond acceptors (Lipinski definition) is 6. The normalized spacial score (nSPS) is 13.0. The number of amides is 1. The van der Waals surface area contributed by atoms with E-state index >= 15 is 0 Å².